The molecule has 0 saturated carbocycles. The van der Waals surface area contributed by atoms with E-state index >= 15 is 0 Å². The van der Waals surface area contributed by atoms with Crippen LogP contribution in [0, 0.1) is 0 Å². The largest absolute Gasteiger partial charge is 0.378 e. The molecule has 5 nitrogen and oxygen atoms in total. The lowest BCUT2D eigenvalue weighted by Gasteiger charge is -2.52. The van der Waals surface area contributed by atoms with Crippen molar-refractivity contribution in [2.45, 2.75) is 24.2 Å². The lowest BCUT2D eigenvalue weighted by Crippen LogP contribution is -2.53. The monoisotopic (exact) mass is 557 g/mol. The maximum absolute atomic E-state index is 5.63. The average Bonchev–Trinajstić information content (AvgIpc) is 3.09. The van der Waals surface area contributed by atoms with Crippen molar-refractivity contribution in [2.24, 2.45) is 4.99 Å². The topological polar surface area (TPSA) is 37.3 Å². The number of fused-ring (bicyclic) bond motifs is 1. The summed E-state index contributed by atoms with van der Waals surface area (Å²) in [6, 6.07) is 38.4. The molecule has 0 aromatic heterocycles. The molecule has 0 radical (unpaired) electrons. The lowest BCUT2D eigenvalue weighted by molar-refractivity contribution is 0.122. The Kier molecular flexibility index (Phi) is 7.31. The predicted octanol–water partition coefficient (Wildman–Crippen LogP) is 6.76. The highest BCUT2D eigenvalue weighted by Crippen LogP contribution is 2.58. The molecule has 2 saturated heterocycles. The van der Waals surface area contributed by atoms with Crippen molar-refractivity contribution in [1.82, 2.24) is 0 Å². The zero-order valence-corrected chi connectivity index (χ0v) is 24.4. The molecule has 4 aromatic carbocycles. The van der Waals surface area contributed by atoms with E-state index in [1.54, 1.807) is 0 Å². The summed E-state index contributed by atoms with van der Waals surface area (Å²) >= 11 is 0. The number of hydrogen-bond donors (Lipinski definition) is 0. The SMILES string of the molecule is CCC1(c2ccccc2)C=Nc2ccccc2C1(c1ccc(N2CCOCC2)cc1)c1ccc(N2CCOCC2)cc1. The normalized spacial score (nSPS) is 21.6. The second-order valence-corrected chi connectivity index (χ2v) is 11.5. The fraction of sp³-hybridized carbons (Fsp3) is 0.324. The van der Waals surface area contributed by atoms with Crippen molar-refractivity contribution in [2.75, 3.05) is 62.4 Å². The number of hydrogen-bond acceptors (Lipinski definition) is 5. The highest BCUT2D eigenvalue weighted by atomic mass is 16.5. The van der Waals surface area contributed by atoms with E-state index in [-0.39, 0.29) is 0 Å². The van der Waals surface area contributed by atoms with Gasteiger partial charge in [-0.05, 0) is 59.0 Å². The third kappa shape index (κ3) is 4.34. The quantitative estimate of drug-likeness (QED) is 0.263. The summed E-state index contributed by atoms with van der Waals surface area (Å²) in [4.78, 5) is 10.0. The Morgan fingerprint density at radius 1 is 0.595 bits per heavy atom. The number of morpholine rings is 2. The summed E-state index contributed by atoms with van der Waals surface area (Å²) in [5.41, 5.74) is 7.73. The molecule has 1 atom stereocenters. The number of benzene rings is 4. The maximum atomic E-state index is 5.63. The molecular weight excluding hydrogens is 518 g/mol. The first-order chi connectivity index (χ1) is 20.8. The molecule has 3 aliphatic heterocycles. The third-order valence-electron chi connectivity index (χ3n) is 9.60. The molecule has 7 rings (SSSR count). The van der Waals surface area contributed by atoms with Gasteiger partial charge in [0.1, 0.15) is 0 Å². The molecule has 0 spiro atoms. The van der Waals surface area contributed by atoms with Crippen LogP contribution in [0.2, 0.25) is 0 Å². The average molecular weight is 558 g/mol. The van der Waals surface area contributed by atoms with Gasteiger partial charge in [0.05, 0.1) is 37.5 Å². The fourth-order valence-electron chi connectivity index (χ4n) is 7.49. The van der Waals surface area contributed by atoms with Crippen LogP contribution in [0.4, 0.5) is 17.1 Å². The Balaban J connectivity index is 1.47. The van der Waals surface area contributed by atoms with E-state index in [9.17, 15) is 0 Å². The van der Waals surface area contributed by atoms with Gasteiger partial charge in [0.2, 0.25) is 0 Å². The second kappa shape index (κ2) is 11.4. The highest BCUT2D eigenvalue weighted by Gasteiger charge is 2.56. The number of nitrogens with zero attached hydrogens (tertiary/aromatic N) is 3. The van der Waals surface area contributed by atoms with Gasteiger partial charge in [0, 0.05) is 49.2 Å². The van der Waals surface area contributed by atoms with Gasteiger partial charge in [0.25, 0.3) is 0 Å². The van der Waals surface area contributed by atoms with E-state index in [4.69, 9.17) is 14.5 Å². The van der Waals surface area contributed by atoms with Crippen LogP contribution in [0.25, 0.3) is 0 Å². The summed E-state index contributed by atoms with van der Waals surface area (Å²) in [6.07, 6.45) is 3.14. The van der Waals surface area contributed by atoms with Crippen LogP contribution in [-0.2, 0) is 20.3 Å². The molecular formula is C37H39N3O2. The Hall–Kier alpha value is -3.93. The van der Waals surface area contributed by atoms with Gasteiger partial charge in [-0.2, -0.15) is 0 Å². The van der Waals surface area contributed by atoms with E-state index in [1.165, 1.54) is 33.6 Å². The summed E-state index contributed by atoms with van der Waals surface area (Å²) in [5, 5.41) is 0. The summed E-state index contributed by atoms with van der Waals surface area (Å²) in [5.74, 6) is 0. The van der Waals surface area contributed by atoms with Gasteiger partial charge in [-0.15, -0.1) is 0 Å². The van der Waals surface area contributed by atoms with Crippen LogP contribution < -0.4 is 9.80 Å². The number of para-hydroxylation sites is 1. The lowest BCUT2D eigenvalue weighted by atomic mass is 9.49. The highest BCUT2D eigenvalue weighted by molar-refractivity contribution is 5.88. The van der Waals surface area contributed by atoms with Crippen LogP contribution in [0.3, 0.4) is 0 Å². The van der Waals surface area contributed by atoms with Crippen molar-refractivity contribution in [3.05, 3.63) is 125 Å². The van der Waals surface area contributed by atoms with Gasteiger partial charge in [-0.25, -0.2) is 0 Å². The van der Waals surface area contributed by atoms with Crippen LogP contribution >= 0.6 is 0 Å². The van der Waals surface area contributed by atoms with E-state index in [2.05, 4.69) is 126 Å². The van der Waals surface area contributed by atoms with Gasteiger partial charge in [-0.3, -0.25) is 4.99 Å². The Labute approximate surface area is 249 Å². The van der Waals surface area contributed by atoms with Crippen LogP contribution in [0.15, 0.2) is 108 Å². The number of anilines is 2. The maximum Gasteiger partial charge on any atom is 0.0671 e. The summed E-state index contributed by atoms with van der Waals surface area (Å²) in [7, 11) is 0. The van der Waals surface area contributed by atoms with Crippen LogP contribution in [0.1, 0.15) is 35.6 Å². The zero-order chi connectivity index (χ0) is 28.4. The van der Waals surface area contributed by atoms with Crippen molar-refractivity contribution < 1.29 is 9.47 Å². The number of rotatable bonds is 6. The van der Waals surface area contributed by atoms with E-state index in [0.29, 0.717) is 0 Å². The molecule has 5 heteroatoms. The second-order valence-electron chi connectivity index (χ2n) is 11.5. The minimum Gasteiger partial charge on any atom is -0.378 e. The zero-order valence-electron chi connectivity index (χ0n) is 24.4. The van der Waals surface area contributed by atoms with Gasteiger partial charge < -0.3 is 19.3 Å². The smallest absolute Gasteiger partial charge is 0.0671 e. The number of aliphatic imine (C=N–C) groups is 1. The third-order valence-corrected chi connectivity index (χ3v) is 9.60. The first-order valence-electron chi connectivity index (χ1n) is 15.3. The summed E-state index contributed by atoms with van der Waals surface area (Å²) in [6.45, 7) is 9.10. The fourth-order valence-corrected chi connectivity index (χ4v) is 7.49. The van der Waals surface area contributed by atoms with Crippen molar-refractivity contribution in [1.29, 1.82) is 0 Å². The van der Waals surface area contributed by atoms with Crippen LogP contribution in [0.5, 0.6) is 0 Å². The Bertz CT molecular complexity index is 1460. The van der Waals surface area contributed by atoms with Gasteiger partial charge >= 0.3 is 0 Å². The molecule has 2 fully saturated rings. The molecule has 3 aliphatic rings. The summed E-state index contributed by atoms with van der Waals surface area (Å²) < 4.78 is 11.3. The van der Waals surface area contributed by atoms with Crippen molar-refractivity contribution in [3.63, 3.8) is 0 Å². The molecule has 1 unspecified atom stereocenters. The predicted molar refractivity (Wildman–Crippen MR) is 172 cm³/mol. The molecule has 42 heavy (non-hydrogen) atoms. The molecule has 3 heterocycles. The van der Waals surface area contributed by atoms with Crippen molar-refractivity contribution in [3.8, 4) is 0 Å². The van der Waals surface area contributed by atoms with Gasteiger partial charge in [-0.1, -0.05) is 79.7 Å². The molecule has 214 valence electrons. The van der Waals surface area contributed by atoms with E-state index < -0.39 is 10.8 Å². The molecule has 4 aromatic rings. The first kappa shape index (κ1) is 26.9. The minimum atomic E-state index is -0.492. The van der Waals surface area contributed by atoms with Crippen LogP contribution in [-0.4, -0.2) is 58.8 Å². The molecule has 0 N–H and O–H groups in total. The molecule has 0 amide bonds. The standard InChI is InChI=1S/C37H39N3O2/c1-2-36(29-8-4-3-5-9-29)28-38-35-11-7-6-10-34(35)37(36,30-12-16-32(17-13-30)39-20-24-41-25-21-39)31-14-18-33(19-15-31)40-22-26-42-27-23-40/h3-19,28H,2,20-27H2,1H3. The first-order valence-corrected chi connectivity index (χ1v) is 15.3. The van der Waals surface area contributed by atoms with E-state index in [1.807, 2.05) is 0 Å². The Morgan fingerprint density at radius 3 is 1.62 bits per heavy atom. The van der Waals surface area contributed by atoms with Crippen molar-refractivity contribution >= 4 is 23.3 Å². The van der Waals surface area contributed by atoms with E-state index in [0.717, 1.165) is 64.7 Å². The minimum absolute atomic E-state index is 0.399. The molecule has 0 aliphatic carbocycles. The molecule has 0 bridgehead atoms. The Morgan fingerprint density at radius 2 is 1.10 bits per heavy atom. The number of ether oxygens (including phenoxy) is 2. The van der Waals surface area contributed by atoms with Gasteiger partial charge in [0.15, 0.2) is 0 Å².